The van der Waals surface area contributed by atoms with Gasteiger partial charge in [-0.25, -0.2) is 4.99 Å². The Morgan fingerprint density at radius 2 is 2.17 bits per heavy atom. The van der Waals surface area contributed by atoms with Crippen LogP contribution in [0, 0.1) is 28.6 Å². The highest BCUT2D eigenvalue weighted by Crippen LogP contribution is 2.44. The van der Waals surface area contributed by atoms with Crippen LogP contribution in [0.4, 0.5) is 0 Å². The van der Waals surface area contributed by atoms with Crippen LogP contribution < -0.4 is 5.73 Å². The predicted octanol–water partition coefficient (Wildman–Crippen LogP) is 2.17. The number of carbonyl (C=O) groups excluding carboxylic acids is 1. The first-order chi connectivity index (χ1) is 8.39. The molecular formula is C14H19N3O. The lowest BCUT2D eigenvalue weighted by molar-refractivity contribution is -0.118. The zero-order valence-electron chi connectivity index (χ0n) is 11.2. The zero-order valence-corrected chi connectivity index (χ0v) is 11.2. The fourth-order valence-corrected chi connectivity index (χ4v) is 3.02. The number of nitriles is 1. The van der Waals surface area contributed by atoms with Crippen LogP contribution in [0.1, 0.15) is 40.0 Å². The van der Waals surface area contributed by atoms with Gasteiger partial charge in [-0.1, -0.05) is 20.8 Å². The molecule has 1 aliphatic carbocycles. The Kier molecular flexibility index (Phi) is 3.02. The third-order valence-corrected chi connectivity index (χ3v) is 3.83. The fraction of sp³-hybridized carbons (Fsp3) is 0.643. The van der Waals surface area contributed by atoms with Crippen molar-refractivity contribution in [3.05, 3.63) is 11.3 Å². The minimum atomic E-state index is -0.445. The SMILES string of the molecule is CCC1C2=C(CC(C)(C)CC2=O)N=C(N)C1C#N. The molecule has 0 spiro atoms. The predicted molar refractivity (Wildman–Crippen MR) is 69.6 cm³/mol. The second kappa shape index (κ2) is 4.24. The van der Waals surface area contributed by atoms with E-state index < -0.39 is 5.92 Å². The number of ketones is 1. The summed E-state index contributed by atoms with van der Waals surface area (Å²) in [6.07, 6.45) is 2.05. The summed E-state index contributed by atoms with van der Waals surface area (Å²) in [5.41, 5.74) is 7.39. The lowest BCUT2D eigenvalue weighted by atomic mass is 9.69. The second-order valence-corrected chi connectivity index (χ2v) is 5.96. The molecule has 0 aromatic heterocycles. The van der Waals surface area contributed by atoms with Gasteiger partial charge in [-0.3, -0.25) is 4.79 Å². The van der Waals surface area contributed by atoms with Gasteiger partial charge >= 0.3 is 0 Å². The van der Waals surface area contributed by atoms with Crippen LogP contribution in [0.15, 0.2) is 16.3 Å². The Balaban J connectivity index is 2.51. The van der Waals surface area contributed by atoms with E-state index in [0.29, 0.717) is 12.3 Å². The van der Waals surface area contributed by atoms with Gasteiger partial charge in [0.2, 0.25) is 0 Å². The Bertz CT molecular complexity index is 494. The third kappa shape index (κ3) is 1.94. The molecule has 0 saturated carbocycles. The normalized spacial score (nSPS) is 30.6. The molecule has 0 radical (unpaired) electrons. The van der Waals surface area contributed by atoms with Crippen molar-refractivity contribution in [3.8, 4) is 6.07 Å². The van der Waals surface area contributed by atoms with E-state index in [4.69, 9.17) is 5.73 Å². The molecule has 2 rings (SSSR count). The molecule has 2 aliphatic rings. The van der Waals surface area contributed by atoms with Crippen LogP contribution in [0.5, 0.6) is 0 Å². The van der Waals surface area contributed by atoms with Crippen molar-refractivity contribution >= 4 is 11.6 Å². The summed E-state index contributed by atoms with van der Waals surface area (Å²) in [6.45, 7) is 6.13. The number of allylic oxidation sites excluding steroid dienone is 2. The number of nitrogens with two attached hydrogens (primary N) is 1. The molecule has 4 nitrogen and oxygen atoms in total. The van der Waals surface area contributed by atoms with Crippen molar-refractivity contribution in [3.63, 3.8) is 0 Å². The van der Waals surface area contributed by atoms with Gasteiger partial charge in [-0.2, -0.15) is 5.26 Å². The maximum absolute atomic E-state index is 12.3. The number of rotatable bonds is 1. The minimum absolute atomic E-state index is 0.0581. The summed E-state index contributed by atoms with van der Waals surface area (Å²) in [5, 5.41) is 9.20. The van der Waals surface area contributed by atoms with Crippen molar-refractivity contribution in [2.24, 2.45) is 28.0 Å². The van der Waals surface area contributed by atoms with Gasteiger partial charge < -0.3 is 5.73 Å². The quantitative estimate of drug-likeness (QED) is 0.768. The van der Waals surface area contributed by atoms with Crippen molar-refractivity contribution < 1.29 is 4.79 Å². The van der Waals surface area contributed by atoms with E-state index in [1.54, 1.807) is 0 Å². The smallest absolute Gasteiger partial charge is 0.161 e. The van der Waals surface area contributed by atoms with Crippen molar-refractivity contribution in [1.29, 1.82) is 5.26 Å². The molecule has 2 atom stereocenters. The molecule has 4 heteroatoms. The standard InChI is InChI=1S/C14H19N3O/c1-4-8-9(7-15)13(16)17-10-5-14(2,3)6-11(18)12(8)10/h8-9H,4-6H2,1-3H3,(H2,16,17). The van der Waals surface area contributed by atoms with Crippen LogP contribution in [0.3, 0.4) is 0 Å². The summed E-state index contributed by atoms with van der Waals surface area (Å²) < 4.78 is 0. The molecule has 0 aromatic carbocycles. The number of hydrogen-bond donors (Lipinski definition) is 1. The average molecular weight is 245 g/mol. The van der Waals surface area contributed by atoms with Gasteiger partial charge in [0.05, 0.1) is 11.8 Å². The van der Waals surface area contributed by atoms with E-state index in [2.05, 4.69) is 24.9 Å². The van der Waals surface area contributed by atoms with E-state index in [1.807, 2.05) is 6.92 Å². The van der Waals surface area contributed by atoms with Crippen LogP contribution in [-0.4, -0.2) is 11.6 Å². The van der Waals surface area contributed by atoms with Crippen LogP contribution in [0.25, 0.3) is 0 Å². The Labute approximate surface area is 108 Å². The van der Waals surface area contributed by atoms with Crippen LogP contribution >= 0.6 is 0 Å². The second-order valence-electron chi connectivity index (χ2n) is 5.96. The first-order valence-electron chi connectivity index (χ1n) is 6.39. The van der Waals surface area contributed by atoms with E-state index in [-0.39, 0.29) is 17.1 Å². The van der Waals surface area contributed by atoms with E-state index >= 15 is 0 Å². The minimum Gasteiger partial charge on any atom is -0.386 e. The average Bonchev–Trinajstić information content (AvgIpc) is 2.25. The molecule has 96 valence electrons. The first-order valence-corrected chi connectivity index (χ1v) is 6.39. The third-order valence-electron chi connectivity index (χ3n) is 3.83. The van der Waals surface area contributed by atoms with E-state index in [0.717, 1.165) is 24.1 Å². The molecule has 2 unspecified atom stereocenters. The maximum atomic E-state index is 12.3. The molecule has 1 heterocycles. The van der Waals surface area contributed by atoms with Crippen molar-refractivity contribution in [2.75, 3.05) is 0 Å². The number of Topliss-reactive ketones (excluding diaryl/α,β-unsaturated/α-hetero) is 1. The largest absolute Gasteiger partial charge is 0.386 e. The fourth-order valence-electron chi connectivity index (χ4n) is 3.02. The lowest BCUT2D eigenvalue weighted by Crippen LogP contribution is -2.39. The van der Waals surface area contributed by atoms with Crippen LogP contribution in [-0.2, 0) is 4.79 Å². The van der Waals surface area contributed by atoms with Gasteiger partial charge in [0.15, 0.2) is 5.78 Å². The van der Waals surface area contributed by atoms with Gasteiger partial charge in [0, 0.05) is 17.9 Å². The number of amidine groups is 1. The Morgan fingerprint density at radius 3 is 2.72 bits per heavy atom. The zero-order chi connectivity index (χ0) is 13.5. The molecule has 1 aliphatic heterocycles. The molecular weight excluding hydrogens is 226 g/mol. The molecule has 0 amide bonds. The van der Waals surface area contributed by atoms with Crippen molar-refractivity contribution in [1.82, 2.24) is 0 Å². The van der Waals surface area contributed by atoms with Gasteiger partial charge in [-0.05, 0) is 18.3 Å². The number of hydrogen-bond acceptors (Lipinski definition) is 4. The number of carbonyl (C=O) groups is 1. The number of aliphatic imine (C=N–C) groups is 1. The molecule has 18 heavy (non-hydrogen) atoms. The molecule has 0 bridgehead atoms. The topological polar surface area (TPSA) is 79.2 Å². The van der Waals surface area contributed by atoms with Gasteiger partial charge in [0.25, 0.3) is 0 Å². The highest BCUT2D eigenvalue weighted by Gasteiger charge is 2.41. The number of nitrogens with zero attached hydrogens (tertiary/aromatic N) is 2. The maximum Gasteiger partial charge on any atom is 0.161 e. The van der Waals surface area contributed by atoms with Gasteiger partial charge in [0.1, 0.15) is 11.8 Å². The molecule has 0 fully saturated rings. The Morgan fingerprint density at radius 1 is 1.50 bits per heavy atom. The van der Waals surface area contributed by atoms with E-state index in [9.17, 15) is 10.1 Å². The van der Waals surface area contributed by atoms with Crippen LogP contribution in [0.2, 0.25) is 0 Å². The summed E-state index contributed by atoms with van der Waals surface area (Å²) in [4.78, 5) is 16.6. The van der Waals surface area contributed by atoms with Gasteiger partial charge in [-0.15, -0.1) is 0 Å². The summed E-state index contributed by atoms with van der Waals surface area (Å²) in [5.74, 6) is -0.0109. The summed E-state index contributed by atoms with van der Waals surface area (Å²) >= 11 is 0. The monoisotopic (exact) mass is 245 g/mol. The lowest BCUT2D eigenvalue weighted by Gasteiger charge is -2.37. The molecule has 0 saturated heterocycles. The summed E-state index contributed by atoms with van der Waals surface area (Å²) in [6, 6.07) is 2.19. The van der Waals surface area contributed by atoms with Crippen molar-refractivity contribution in [2.45, 2.75) is 40.0 Å². The summed E-state index contributed by atoms with van der Waals surface area (Å²) in [7, 11) is 0. The first kappa shape index (κ1) is 12.8. The molecule has 0 aromatic rings. The van der Waals surface area contributed by atoms with E-state index in [1.165, 1.54) is 0 Å². The molecule has 2 N–H and O–H groups in total. The highest BCUT2D eigenvalue weighted by atomic mass is 16.1. The highest BCUT2D eigenvalue weighted by molar-refractivity contribution is 6.01. The Hall–Kier alpha value is -1.63.